The Morgan fingerprint density at radius 3 is 2.43 bits per heavy atom. The molecule has 0 aliphatic carbocycles. The van der Waals surface area contributed by atoms with Crippen molar-refractivity contribution in [2.75, 3.05) is 5.32 Å². The number of carbonyl (C=O) groups excluding carboxylic acids is 1. The van der Waals surface area contributed by atoms with E-state index in [1.54, 1.807) is 18.2 Å². The number of amides is 1. The lowest BCUT2D eigenvalue weighted by Gasteiger charge is -2.13. The fraction of sp³-hybridized carbons (Fsp3) is 0.133. The molecule has 0 fully saturated rings. The summed E-state index contributed by atoms with van der Waals surface area (Å²) >= 11 is 3.32. The second-order valence-corrected chi connectivity index (χ2v) is 5.55. The Kier molecular flexibility index (Phi) is 4.82. The molecule has 5 N–H and O–H groups in total. The lowest BCUT2D eigenvalue weighted by molar-refractivity contribution is -0.117. The molecule has 6 heteroatoms. The molecule has 0 aliphatic rings. The number of phenolic OH excluding ortho intramolecular Hbond substituents is 2. The third kappa shape index (κ3) is 4.21. The largest absolute Gasteiger partial charge is 0.504 e. The first-order valence-corrected chi connectivity index (χ1v) is 7.08. The van der Waals surface area contributed by atoms with Crippen molar-refractivity contribution in [1.82, 2.24) is 0 Å². The summed E-state index contributed by atoms with van der Waals surface area (Å²) in [5, 5.41) is 21.4. The standard InChI is InChI=1S/C15H15BrN2O3/c16-10-2-4-11(5-3-10)18-15(21)12(17)7-9-1-6-13(19)14(20)8-9/h1-6,8,12,19-20H,7,17H2,(H,18,21)/t12-/m0/s1. The van der Waals surface area contributed by atoms with Gasteiger partial charge in [0.15, 0.2) is 11.5 Å². The highest BCUT2D eigenvalue weighted by Crippen LogP contribution is 2.25. The van der Waals surface area contributed by atoms with E-state index in [0.29, 0.717) is 11.3 Å². The minimum atomic E-state index is -0.752. The van der Waals surface area contributed by atoms with Gasteiger partial charge in [0.25, 0.3) is 0 Å². The van der Waals surface area contributed by atoms with E-state index < -0.39 is 6.04 Å². The van der Waals surface area contributed by atoms with Crippen molar-refractivity contribution in [3.63, 3.8) is 0 Å². The molecule has 0 aliphatic heterocycles. The predicted molar refractivity (Wildman–Crippen MR) is 84.2 cm³/mol. The van der Waals surface area contributed by atoms with Crippen LogP contribution < -0.4 is 11.1 Å². The van der Waals surface area contributed by atoms with E-state index >= 15 is 0 Å². The van der Waals surface area contributed by atoms with Crippen molar-refractivity contribution in [1.29, 1.82) is 0 Å². The summed E-state index contributed by atoms with van der Waals surface area (Å²) in [4.78, 5) is 12.0. The number of nitrogens with one attached hydrogen (secondary N) is 1. The second-order valence-electron chi connectivity index (χ2n) is 4.63. The topological polar surface area (TPSA) is 95.6 Å². The summed E-state index contributed by atoms with van der Waals surface area (Å²) in [7, 11) is 0. The average molecular weight is 351 g/mol. The van der Waals surface area contributed by atoms with Gasteiger partial charge in [-0.15, -0.1) is 0 Å². The lowest BCUT2D eigenvalue weighted by Crippen LogP contribution is -2.37. The van der Waals surface area contributed by atoms with Crippen molar-refractivity contribution in [2.45, 2.75) is 12.5 Å². The number of phenols is 2. The number of anilines is 1. The highest BCUT2D eigenvalue weighted by molar-refractivity contribution is 9.10. The van der Waals surface area contributed by atoms with Gasteiger partial charge in [0.05, 0.1) is 6.04 Å². The van der Waals surface area contributed by atoms with Crippen molar-refractivity contribution in [3.8, 4) is 11.5 Å². The molecule has 110 valence electrons. The van der Waals surface area contributed by atoms with Gasteiger partial charge in [-0.2, -0.15) is 0 Å². The molecule has 0 aromatic heterocycles. The summed E-state index contributed by atoms with van der Waals surface area (Å²) < 4.78 is 0.921. The second kappa shape index (κ2) is 6.60. The highest BCUT2D eigenvalue weighted by Gasteiger charge is 2.15. The highest BCUT2D eigenvalue weighted by atomic mass is 79.9. The van der Waals surface area contributed by atoms with E-state index in [-0.39, 0.29) is 23.8 Å². The fourth-order valence-electron chi connectivity index (χ4n) is 1.81. The third-order valence-corrected chi connectivity index (χ3v) is 3.47. The van der Waals surface area contributed by atoms with Gasteiger partial charge in [0.1, 0.15) is 0 Å². The van der Waals surface area contributed by atoms with E-state index in [0.717, 1.165) is 4.47 Å². The first-order valence-electron chi connectivity index (χ1n) is 6.28. The average Bonchev–Trinajstić information content (AvgIpc) is 2.45. The Bertz CT molecular complexity index is 644. The smallest absolute Gasteiger partial charge is 0.241 e. The Hall–Kier alpha value is -2.05. The van der Waals surface area contributed by atoms with Crippen LogP contribution in [0.3, 0.4) is 0 Å². The van der Waals surface area contributed by atoms with Crippen LogP contribution in [0, 0.1) is 0 Å². The maximum atomic E-state index is 12.0. The Morgan fingerprint density at radius 2 is 1.81 bits per heavy atom. The minimum Gasteiger partial charge on any atom is -0.504 e. The molecular weight excluding hydrogens is 336 g/mol. The number of aromatic hydroxyl groups is 2. The monoisotopic (exact) mass is 350 g/mol. The molecule has 0 saturated carbocycles. The molecule has 0 saturated heterocycles. The summed E-state index contributed by atoms with van der Waals surface area (Å²) in [6.07, 6.45) is 0.260. The number of nitrogens with two attached hydrogens (primary N) is 1. The number of carbonyl (C=O) groups is 1. The molecule has 5 nitrogen and oxygen atoms in total. The first-order chi connectivity index (χ1) is 9.95. The molecule has 0 unspecified atom stereocenters. The molecular formula is C15H15BrN2O3. The van der Waals surface area contributed by atoms with Crippen LogP contribution in [0.5, 0.6) is 11.5 Å². The van der Waals surface area contributed by atoms with Crippen LogP contribution >= 0.6 is 15.9 Å². The summed E-state index contributed by atoms with van der Waals surface area (Å²) in [6.45, 7) is 0. The van der Waals surface area contributed by atoms with Crippen LogP contribution in [0.1, 0.15) is 5.56 Å². The molecule has 2 aromatic carbocycles. The molecule has 1 atom stereocenters. The normalized spacial score (nSPS) is 11.9. The molecule has 2 rings (SSSR count). The van der Waals surface area contributed by atoms with Crippen LogP contribution in [0.15, 0.2) is 46.9 Å². The fourth-order valence-corrected chi connectivity index (χ4v) is 2.08. The van der Waals surface area contributed by atoms with Crippen molar-refractivity contribution < 1.29 is 15.0 Å². The van der Waals surface area contributed by atoms with Crippen molar-refractivity contribution in [3.05, 3.63) is 52.5 Å². The summed E-state index contributed by atoms with van der Waals surface area (Å²) in [6, 6.07) is 10.8. The van der Waals surface area contributed by atoms with Gasteiger partial charge < -0.3 is 21.3 Å². The Morgan fingerprint density at radius 1 is 1.14 bits per heavy atom. The van der Waals surface area contributed by atoms with Gasteiger partial charge in [-0.1, -0.05) is 22.0 Å². The third-order valence-electron chi connectivity index (χ3n) is 2.94. The van der Waals surface area contributed by atoms with E-state index in [1.807, 2.05) is 12.1 Å². The van der Waals surface area contributed by atoms with Gasteiger partial charge >= 0.3 is 0 Å². The van der Waals surface area contributed by atoms with Gasteiger partial charge in [-0.3, -0.25) is 4.79 Å². The predicted octanol–water partition coefficient (Wildman–Crippen LogP) is 2.37. The zero-order chi connectivity index (χ0) is 15.4. The molecule has 0 bridgehead atoms. The van der Waals surface area contributed by atoms with Crippen molar-refractivity contribution in [2.24, 2.45) is 5.73 Å². The number of benzene rings is 2. The Labute approximate surface area is 130 Å². The summed E-state index contributed by atoms with van der Waals surface area (Å²) in [5.74, 6) is -0.746. The molecule has 2 aromatic rings. The molecule has 1 amide bonds. The van der Waals surface area contributed by atoms with Crippen LogP contribution in [-0.4, -0.2) is 22.2 Å². The van der Waals surface area contributed by atoms with E-state index in [2.05, 4.69) is 21.2 Å². The number of rotatable bonds is 4. The maximum absolute atomic E-state index is 12.0. The SMILES string of the molecule is N[C@@H](Cc1ccc(O)c(O)c1)C(=O)Nc1ccc(Br)cc1. The molecule has 0 radical (unpaired) electrons. The number of halogens is 1. The molecule has 0 heterocycles. The van der Waals surface area contributed by atoms with Crippen LogP contribution in [0.25, 0.3) is 0 Å². The Balaban J connectivity index is 1.98. The lowest BCUT2D eigenvalue weighted by atomic mass is 10.1. The van der Waals surface area contributed by atoms with E-state index in [1.165, 1.54) is 12.1 Å². The minimum absolute atomic E-state index is 0.202. The van der Waals surface area contributed by atoms with Crippen LogP contribution in [0.4, 0.5) is 5.69 Å². The zero-order valence-corrected chi connectivity index (χ0v) is 12.7. The van der Waals surface area contributed by atoms with E-state index in [9.17, 15) is 15.0 Å². The van der Waals surface area contributed by atoms with Crippen LogP contribution in [-0.2, 0) is 11.2 Å². The summed E-state index contributed by atoms with van der Waals surface area (Å²) in [5.41, 5.74) is 7.18. The molecule has 0 spiro atoms. The van der Waals surface area contributed by atoms with Gasteiger partial charge in [0.2, 0.25) is 5.91 Å². The van der Waals surface area contributed by atoms with Gasteiger partial charge in [0, 0.05) is 10.2 Å². The van der Waals surface area contributed by atoms with E-state index in [4.69, 9.17) is 5.73 Å². The number of hydrogen-bond donors (Lipinski definition) is 4. The van der Waals surface area contributed by atoms with Crippen molar-refractivity contribution >= 4 is 27.5 Å². The maximum Gasteiger partial charge on any atom is 0.241 e. The number of hydrogen-bond acceptors (Lipinski definition) is 4. The zero-order valence-electron chi connectivity index (χ0n) is 11.1. The van der Waals surface area contributed by atoms with Gasteiger partial charge in [-0.05, 0) is 48.4 Å². The first kappa shape index (κ1) is 15.3. The van der Waals surface area contributed by atoms with Crippen LogP contribution in [0.2, 0.25) is 0 Å². The quantitative estimate of drug-likeness (QED) is 0.636. The molecule has 21 heavy (non-hydrogen) atoms. The van der Waals surface area contributed by atoms with Gasteiger partial charge in [-0.25, -0.2) is 0 Å².